The van der Waals surface area contributed by atoms with Crippen molar-refractivity contribution >= 4 is 5.95 Å². The molecule has 2 fully saturated rings. The van der Waals surface area contributed by atoms with Gasteiger partial charge in [-0.1, -0.05) is 0 Å². The molecule has 1 aliphatic carbocycles. The van der Waals surface area contributed by atoms with E-state index in [0.717, 1.165) is 43.6 Å². The van der Waals surface area contributed by atoms with Crippen LogP contribution in [0.1, 0.15) is 37.7 Å². The minimum atomic E-state index is 0.283. The van der Waals surface area contributed by atoms with Gasteiger partial charge in [0.15, 0.2) is 0 Å². The van der Waals surface area contributed by atoms with E-state index in [1.165, 1.54) is 25.7 Å². The lowest BCUT2D eigenvalue weighted by Gasteiger charge is -2.32. The van der Waals surface area contributed by atoms with Gasteiger partial charge in [0, 0.05) is 50.2 Å². The molecule has 5 heteroatoms. The van der Waals surface area contributed by atoms with Crippen molar-refractivity contribution < 1.29 is 5.11 Å². The first-order chi connectivity index (χ1) is 9.85. The van der Waals surface area contributed by atoms with Crippen molar-refractivity contribution in [1.29, 1.82) is 0 Å². The summed E-state index contributed by atoms with van der Waals surface area (Å²) in [5, 5.41) is 12.5. The van der Waals surface area contributed by atoms with E-state index in [9.17, 15) is 0 Å². The molecular weight excluding hydrogens is 252 g/mol. The summed E-state index contributed by atoms with van der Waals surface area (Å²) in [6.07, 6.45) is 9.75. The molecule has 20 heavy (non-hydrogen) atoms. The lowest BCUT2D eigenvalue weighted by Crippen LogP contribution is -2.36. The summed E-state index contributed by atoms with van der Waals surface area (Å²) in [5.41, 5.74) is 1.16. The number of aliphatic hydroxyl groups is 1. The van der Waals surface area contributed by atoms with E-state index in [4.69, 9.17) is 5.11 Å². The Labute approximate surface area is 120 Å². The van der Waals surface area contributed by atoms with Crippen LogP contribution >= 0.6 is 0 Å². The molecule has 0 aromatic carbocycles. The van der Waals surface area contributed by atoms with E-state index in [0.29, 0.717) is 5.92 Å². The molecule has 1 unspecified atom stereocenters. The number of aromatic nitrogens is 2. The van der Waals surface area contributed by atoms with Crippen LogP contribution in [0.2, 0.25) is 0 Å². The van der Waals surface area contributed by atoms with Gasteiger partial charge in [-0.3, -0.25) is 0 Å². The van der Waals surface area contributed by atoms with E-state index < -0.39 is 0 Å². The zero-order valence-corrected chi connectivity index (χ0v) is 12.0. The molecule has 1 aliphatic heterocycles. The number of aliphatic hydroxyl groups excluding tert-OH is 1. The summed E-state index contributed by atoms with van der Waals surface area (Å²) >= 11 is 0. The maximum absolute atomic E-state index is 9.06. The Hall–Kier alpha value is -1.20. The normalized spacial score (nSPS) is 23.1. The fourth-order valence-corrected chi connectivity index (χ4v) is 2.82. The van der Waals surface area contributed by atoms with E-state index >= 15 is 0 Å². The molecule has 1 saturated heterocycles. The maximum atomic E-state index is 9.06. The number of anilines is 1. The summed E-state index contributed by atoms with van der Waals surface area (Å²) < 4.78 is 0. The van der Waals surface area contributed by atoms with Crippen molar-refractivity contribution in [2.45, 2.75) is 44.7 Å². The zero-order valence-electron chi connectivity index (χ0n) is 12.0. The van der Waals surface area contributed by atoms with Crippen LogP contribution in [0.4, 0.5) is 5.95 Å². The molecule has 110 valence electrons. The predicted molar refractivity (Wildman–Crippen MR) is 78.5 cm³/mol. The first kappa shape index (κ1) is 13.8. The second kappa shape index (κ2) is 6.50. The Morgan fingerprint density at radius 1 is 1.25 bits per heavy atom. The van der Waals surface area contributed by atoms with Crippen molar-refractivity contribution in [3.8, 4) is 0 Å². The fraction of sp³-hybridized carbons (Fsp3) is 0.733. The summed E-state index contributed by atoms with van der Waals surface area (Å²) in [7, 11) is 0. The smallest absolute Gasteiger partial charge is 0.225 e. The fourth-order valence-electron chi connectivity index (χ4n) is 2.82. The number of nitrogens with one attached hydrogen (secondary N) is 1. The largest absolute Gasteiger partial charge is 0.396 e. The quantitative estimate of drug-likeness (QED) is 0.821. The highest BCUT2D eigenvalue weighted by atomic mass is 16.3. The molecule has 0 amide bonds. The number of hydrogen-bond acceptors (Lipinski definition) is 5. The Kier molecular flexibility index (Phi) is 4.47. The number of piperidine rings is 1. The van der Waals surface area contributed by atoms with E-state index in [2.05, 4.69) is 20.2 Å². The standard InChI is InChI=1S/C15H24N4O/c20-7-5-12-2-1-6-19(11-12)15-17-9-13(10-18-15)8-16-14-3-4-14/h9-10,12,14,16,20H,1-8,11H2. The molecule has 0 bridgehead atoms. The SMILES string of the molecule is OCCC1CCCN(c2ncc(CNC3CC3)cn2)C1. The van der Waals surface area contributed by atoms with Crippen LogP contribution in [0.15, 0.2) is 12.4 Å². The molecule has 3 rings (SSSR count). The van der Waals surface area contributed by atoms with Gasteiger partial charge in [-0.25, -0.2) is 9.97 Å². The summed E-state index contributed by atoms with van der Waals surface area (Å²) in [5.74, 6) is 1.41. The number of rotatable bonds is 6. The highest BCUT2D eigenvalue weighted by Gasteiger charge is 2.22. The van der Waals surface area contributed by atoms with Crippen molar-refractivity contribution in [2.75, 3.05) is 24.6 Å². The molecule has 1 atom stereocenters. The highest BCUT2D eigenvalue weighted by Crippen LogP contribution is 2.22. The zero-order chi connectivity index (χ0) is 13.8. The molecule has 2 N–H and O–H groups in total. The van der Waals surface area contributed by atoms with Gasteiger partial charge < -0.3 is 15.3 Å². The average Bonchev–Trinajstić information content (AvgIpc) is 3.31. The van der Waals surface area contributed by atoms with Gasteiger partial charge in [0.2, 0.25) is 5.95 Å². The first-order valence-corrected chi connectivity index (χ1v) is 7.75. The van der Waals surface area contributed by atoms with E-state index in [1.54, 1.807) is 0 Å². The third-order valence-electron chi connectivity index (χ3n) is 4.20. The minimum absolute atomic E-state index is 0.283. The molecule has 2 aliphatic rings. The lowest BCUT2D eigenvalue weighted by molar-refractivity contribution is 0.244. The second-order valence-electron chi connectivity index (χ2n) is 6.01. The van der Waals surface area contributed by atoms with Gasteiger partial charge >= 0.3 is 0 Å². The highest BCUT2D eigenvalue weighted by molar-refractivity contribution is 5.30. The van der Waals surface area contributed by atoms with Crippen molar-refractivity contribution in [2.24, 2.45) is 5.92 Å². The van der Waals surface area contributed by atoms with Gasteiger partial charge in [-0.15, -0.1) is 0 Å². The van der Waals surface area contributed by atoms with Crippen molar-refractivity contribution in [1.82, 2.24) is 15.3 Å². The lowest BCUT2D eigenvalue weighted by atomic mass is 9.95. The Bertz CT molecular complexity index is 416. The minimum Gasteiger partial charge on any atom is -0.396 e. The molecule has 5 nitrogen and oxygen atoms in total. The van der Waals surface area contributed by atoms with Gasteiger partial charge in [0.05, 0.1) is 0 Å². The summed E-state index contributed by atoms with van der Waals surface area (Å²) in [6.45, 7) is 3.16. The first-order valence-electron chi connectivity index (χ1n) is 7.75. The Morgan fingerprint density at radius 3 is 2.75 bits per heavy atom. The van der Waals surface area contributed by atoms with Gasteiger partial charge in [0.25, 0.3) is 0 Å². The van der Waals surface area contributed by atoms with Crippen LogP contribution in [-0.2, 0) is 6.54 Å². The molecule has 1 aromatic rings. The molecule has 2 heterocycles. The monoisotopic (exact) mass is 276 g/mol. The topological polar surface area (TPSA) is 61.3 Å². The summed E-state index contributed by atoms with van der Waals surface area (Å²) in [6, 6.07) is 0.719. The van der Waals surface area contributed by atoms with Crippen LogP contribution in [0.25, 0.3) is 0 Å². The second-order valence-corrected chi connectivity index (χ2v) is 6.01. The predicted octanol–water partition coefficient (Wildman–Crippen LogP) is 1.33. The third-order valence-corrected chi connectivity index (χ3v) is 4.20. The maximum Gasteiger partial charge on any atom is 0.225 e. The summed E-state index contributed by atoms with van der Waals surface area (Å²) in [4.78, 5) is 11.3. The third kappa shape index (κ3) is 3.67. The molecule has 0 spiro atoms. The van der Waals surface area contributed by atoms with Crippen LogP contribution < -0.4 is 10.2 Å². The van der Waals surface area contributed by atoms with Crippen molar-refractivity contribution in [3.63, 3.8) is 0 Å². The molecular formula is C15H24N4O. The molecule has 1 aromatic heterocycles. The van der Waals surface area contributed by atoms with Crippen LogP contribution in [-0.4, -0.2) is 40.8 Å². The van der Waals surface area contributed by atoms with Gasteiger partial charge in [-0.2, -0.15) is 0 Å². The molecule has 0 radical (unpaired) electrons. The average molecular weight is 276 g/mol. The number of nitrogens with zero attached hydrogens (tertiary/aromatic N) is 3. The van der Waals surface area contributed by atoms with Gasteiger partial charge in [0.1, 0.15) is 0 Å². The van der Waals surface area contributed by atoms with Crippen LogP contribution in [0, 0.1) is 5.92 Å². The van der Waals surface area contributed by atoms with E-state index in [-0.39, 0.29) is 6.61 Å². The van der Waals surface area contributed by atoms with E-state index in [1.807, 2.05) is 12.4 Å². The Morgan fingerprint density at radius 2 is 2.05 bits per heavy atom. The Balaban J connectivity index is 1.55. The number of hydrogen-bond donors (Lipinski definition) is 2. The van der Waals surface area contributed by atoms with Gasteiger partial charge in [-0.05, 0) is 38.0 Å². The van der Waals surface area contributed by atoms with Crippen LogP contribution in [0.5, 0.6) is 0 Å². The van der Waals surface area contributed by atoms with Crippen molar-refractivity contribution in [3.05, 3.63) is 18.0 Å². The molecule has 1 saturated carbocycles. The van der Waals surface area contributed by atoms with Crippen LogP contribution in [0.3, 0.4) is 0 Å².